The van der Waals surface area contributed by atoms with Gasteiger partial charge in [0.1, 0.15) is 23.1 Å². The van der Waals surface area contributed by atoms with Crippen molar-refractivity contribution < 1.29 is 14.2 Å². The minimum Gasteiger partial charge on any atom is -0.497 e. The molecule has 0 amide bonds. The molecule has 148 valence electrons. The lowest BCUT2D eigenvalue weighted by atomic mass is 10.1. The molecule has 0 fully saturated rings. The normalized spacial score (nSPS) is 10.7. The van der Waals surface area contributed by atoms with E-state index in [4.69, 9.17) is 19.3 Å². The molecule has 0 unspecified atom stereocenters. The third-order valence-electron chi connectivity index (χ3n) is 4.68. The second-order valence-electron chi connectivity index (χ2n) is 6.40. The maximum Gasteiger partial charge on any atom is 0.154 e. The average molecular weight is 390 g/mol. The van der Waals surface area contributed by atoms with Crippen LogP contribution in [0.1, 0.15) is 5.56 Å². The molecule has 0 saturated heterocycles. The Kier molecular flexibility index (Phi) is 5.20. The Hall–Kier alpha value is -3.74. The number of ether oxygens (including phenoxy) is 3. The Morgan fingerprint density at radius 2 is 1.62 bits per heavy atom. The fourth-order valence-corrected chi connectivity index (χ4v) is 3.10. The molecule has 4 rings (SSSR count). The molecular weight excluding hydrogens is 368 g/mol. The van der Waals surface area contributed by atoms with Gasteiger partial charge in [0.15, 0.2) is 5.65 Å². The molecule has 0 atom stereocenters. The van der Waals surface area contributed by atoms with Gasteiger partial charge in [-0.2, -0.15) is 0 Å². The third-order valence-corrected chi connectivity index (χ3v) is 4.68. The fraction of sp³-hybridized carbons (Fsp3) is 0.182. The van der Waals surface area contributed by atoms with Gasteiger partial charge in [0, 0.05) is 18.2 Å². The number of aromatic nitrogens is 3. The van der Waals surface area contributed by atoms with Gasteiger partial charge in [0.05, 0.1) is 33.2 Å². The maximum absolute atomic E-state index is 5.54. The minimum atomic E-state index is 0.651. The molecule has 0 saturated carbocycles. The number of fused-ring (bicyclic) bond motifs is 1. The quantitative estimate of drug-likeness (QED) is 0.514. The lowest BCUT2D eigenvalue weighted by molar-refractivity contribution is 0.395. The highest BCUT2D eigenvalue weighted by atomic mass is 16.5. The van der Waals surface area contributed by atoms with Crippen molar-refractivity contribution in [1.29, 1.82) is 0 Å². The number of benzene rings is 2. The average Bonchev–Trinajstić information content (AvgIpc) is 3.20. The Morgan fingerprint density at radius 1 is 0.862 bits per heavy atom. The second kappa shape index (κ2) is 8.10. The van der Waals surface area contributed by atoms with Gasteiger partial charge in [-0.1, -0.05) is 12.1 Å². The van der Waals surface area contributed by atoms with Crippen LogP contribution < -0.4 is 19.5 Å². The Balaban J connectivity index is 1.62. The van der Waals surface area contributed by atoms with Gasteiger partial charge >= 0.3 is 0 Å². The van der Waals surface area contributed by atoms with Crippen LogP contribution >= 0.6 is 0 Å². The number of nitrogens with one attached hydrogen (secondary N) is 1. The second-order valence-corrected chi connectivity index (χ2v) is 6.40. The van der Waals surface area contributed by atoms with Crippen molar-refractivity contribution in [1.82, 2.24) is 14.6 Å². The molecule has 0 radical (unpaired) electrons. The highest BCUT2D eigenvalue weighted by molar-refractivity contribution is 5.71. The molecule has 0 aliphatic rings. The third kappa shape index (κ3) is 3.80. The summed E-state index contributed by atoms with van der Waals surface area (Å²) in [6.45, 7) is 0.651. The summed E-state index contributed by atoms with van der Waals surface area (Å²) in [5.41, 5.74) is 3.62. The van der Waals surface area contributed by atoms with E-state index < -0.39 is 0 Å². The molecule has 4 aromatic rings. The first kappa shape index (κ1) is 18.6. The van der Waals surface area contributed by atoms with Gasteiger partial charge in [0.25, 0.3) is 0 Å². The van der Waals surface area contributed by atoms with Crippen molar-refractivity contribution >= 4 is 11.5 Å². The van der Waals surface area contributed by atoms with E-state index in [0.29, 0.717) is 12.3 Å². The van der Waals surface area contributed by atoms with Crippen molar-refractivity contribution in [2.75, 3.05) is 26.6 Å². The van der Waals surface area contributed by atoms with Crippen molar-refractivity contribution in [3.63, 3.8) is 0 Å². The summed E-state index contributed by atoms with van der Waals surface area (Å²) in [7, 11) is 4.93. The lowest BCUT2D eigenvalue weighted by Crippen LogP contribution is -2.05. The zero-order chi connectivity index (χ0) is 20.2. The van der Waals surface area contributed by atoms with Gasteiger partial charge in [-0.25, -0.2) is 9.50 Å². The number of nitrogens with zero attached hydrogens (tertiary/aromatic N) is 3. The molecule has 0 aliphatic carbocycles. The molecule has 0 spiro atoms. The summed E-state index contributed by atoms with van der Waals surface area (Å²) >= 11 is 0. The number of anilines is 1. The van der Waals surface area contributed by atoms with E-state index in [9.17, 15) is 0 Å². The highest BCUT2D eigenvalue weighted by Gasteiger charge is 2.13. The summed E-state index contributed by atoms with van der Waals surface area (Å²) in [6, 6.07) is 17.5. The van der Waals surface area contributed by atoms with Crippen LogP contribution in [0.25, 0.3) is 16.9 Å². The predicted octanol–water partition coefficient (Wildman–Crippen LogP) is 4.03. The topological polar surface area (TPSA) is 69.9 Å². The van der Waals surface area contributed by atoms with Crippen molar-refractivity contribution in [3.8, 4) is 28.5 Å². The van der Waals surface area contributed by atoms with Crippen LogP contribution in [0.2, 0.25) is 0 Å². The molecule has 2 aromatic heterocycles. The van der Waals surface area contributed by atoms with Crippen molar-refractivity contribution in [3.05, 3.63) is 66.4 Å². The van der Waals surface area contributed by atoms with E-state index in [1.165, 1.54) is 0 Å². The van der Waals surface area contributed by atoms with Crippen LogP contribution in [0.4, 0.5) is 5.82 Å². The number of rotatable bonds is 7. The zero-order valence-corrected chi connectivity index (χ0v) is 16.5. The lowest BCUT2D eigenvalue weighted by Gasteiger charge is -2.11. The van der Waals surface area contributed by atoms with E-state index in [-0.39, 0.29) is 0 Å². The van der Waals surface area contributed by atoms with E-state index in [1.54, 1.807) is 32.0 Å². The van der Waals surface area contributed by atoms with Gasteiger partial charge in [-0.3, -0.25) is 0 Å². The molecule has 2 aromatic carbocycles. The summed E-state index contributed by atoms with van der Waals surface area (Å²) in [5.74, 6) is 3.02. The van der Waals surface area contributed by atoms with Gasteiger partial charge in [-0.05, 0) is 42.0 Å². The first-order valence-corrected chi connectivity index (χ1v) is 9.16. The van der Waals surface area contributed by atoms with E-state index in [2.05, 4.69) is 10.3 Å². The van der Waals surface area contributed by atoms with E-state index in [1.807, 2.05) is 54.6 Å². The van der Waals surface area contributed by atoms with E-state index in [0.717, 1.165) is 39.8 Å². The monoisotopic (exact) mass is 390 g/mol. The molecule has 7 heteroatoms. The van der Waals surface area contributed by atoms with Crippen LogP contribution in [-0.4, -0.2) is 35.9 Å². The number of hydrogen-bond acceptors (Lipinski definition) is 6. The number of hydrogen-bond donors (Lipinski definition) is 1. The Morgan fingerprint density at radius 3 is 2.34 bits per heavy atom. The van der Waals surface area contributed by atoms with Crippen LogP contribution in [0, 0.1) is 0 Å². The standard InChI is InChI=1S/C22H22N4O3/c1-27-16-6-4-15(5-7-16)13-23-21-10-11-22-24-14-19(26(22)25-21)18-9-8-17(28-2)12-20(18)29-3/h4-12,14H,13H2,1-3H3,(H,23,25). The molecule has 0 bridgehead atoms. The van der Waals surface area contributed by atoms with Gasteiger partial charge in [-0.15, -0.1) is 5.10 Å². The van der Waals surface area contributed by atoms with Crippen LogP contribution in [-0.2, 0) is 6.54 Å². The Labute approximate surface area is 168 Å². The van der Waals surface area contributed by atoms with Crippen LogP contribution in [0.15, 0.2) is 60.8 Å². The smallest absolute Gasteiger partial charge is 0.154 e. The molecule has 29 heavy (non-hydrogen) atoms. The maximum atomic E-state index is 5.54. The minimum absolute atomic E-state index is 0.651. The SMILES string of the molecule is COc1ccc(CNc2ccc3ncc(-c4ccc(OC)cc4OC)n3n2)cc1. The first-order chi connectivity index (χ1) is 14.2. The molecular formula is C22H22N4O3. The summed E-state index contributed by atoms with van der Waals surface area (Å²) in [5, 5.41) is 8.06. The van der Waals surface area contributed by atoms with Crippen LogP contribution in [0.3, 0.4) is 0 Å². The van der Waals surface area contributed by atoms with Crippen molar-refractivity contribution in [2.24, 2.45) is 0 Å². The molecule has 1 N–H and O–H groups in total. The number of imidazole rings is 1. The molecule has 2 heterocycles. The first-order valence-electron chi connectivity index (χ1n) is 9.16. The van der Waals surface area contributed by atoms with Crippen molar-refractivity contribution in [2.45, 2.75) is 6.54 Å². The predicted molar refractivity (Wildman–Crippen MR) is 112 cm³/mol. The Bertz CT molecular complexity index is 1120. The summed E-state index contributed by atoms with van der Waals surface area (Å²) in [4.78, 5) is 4.46. The number of methoxy groups -OCH3 is 3. The zero-order valence-electron chi connectivity index (χ0n) is 16.5. The summed E-state index contributed by atoms with van der Waals surface area (Å²) < 4.78 is 17.8. The largest absolute Gasteiger partial charge is 0.497 e. The van der Waals surface area contributed by atoms with Crippen LogP contribution in [0.5, 0.6) is 17.2 Å². The van der Waals surface area contributed by atoms with E-state index >= 15 is 0 Å². The van der Waals surface area contributed by atoms with Gasteiger partial charge < -0.3 is 19.5 Å². The molecule has 7 nitrogen and oxygen atoms in total. The summed E-state index contributed by atoms with van der Waals surface area (Å²) in [6.07, 6.45) is 1.79. The molecule has 0 aliphatic heterocycles. The fourth-order valence-electron chi connectivity index (χ4n) is 3.10. The van der Waals surface area contributed by atoms with Gasteiger partial charge in [0.2, 0.25) is 0 Å². The highest BCUT2D eigenvalue weighted by Crippen LogP contribution is 2.33.